The van der Waals surface area contributed by atoms with Crippen molar-refractivity contribution in [1.82, 2.24) is 9.80 Å². The molecule has 0 aromatic rings. The van der Waals surface area contributed by atoms with Crippen LogP contribution in [-0.4, -0.2) is 47.9 Å². The van der Waals surface area contributed by atoms with Crippen LogP contribution in [-0.2, 0) is 4.79 Å². The molecule has 1 amide bonds. The standard InChI is InChI=1S/C15H28N2O/c1-11(2)13-5-7-16(8-6-13)15(18)14-9-17(10-14)12(3)4/h11-14H,5-10H2,1-4H3. The largest absolute Gasteiger partial charge is 0.342 e. The van der Waals surface area contributed by atoms with E-state index in [4.69, 9.17) is 0 Å². The molecule has 0 aromatic carbocycles. The van der Waals surface area contributed by atoms with Gasteiger partial charge in [0, 0.05) is 32.2 Å². The van der Waals surface area contributed by atoms with Crippen molar-refractivity contribution in [3.05, 3.63) is 0 Å². The van der Waals surface area contributed by atoms with Gasteiger partial charge in [-0.3, -0.25) is 9.69 Å². The molecule has 2 heterocycles. The topological polar surface area (TPSA) is 23.6 Å². The van der Waals surface area contributed by atoms with E-state index in [9.17, 15) is 4.79 Å². The fraction of sp³-hybridized carbons (Fsp3) is 0.933. The smallest absolute Gasteiger partial charge is 0.228 e. The van der Waals surface area contributed by atoms with Crippen molar-refractivity contribution in [3.8, 4) is 0 Å². The second-order valence-electron chi connectivity index (χ2n) is 6.65. The Balaban J connectivity index is 1.75. The number of rotatable bonds is 3. The lowest BCUT2D eigenvalue weighted by atomic mass is 9.86. The van der Waals surface area contributed by atoms with Gasteiger partial charge < -0.3 is 4.90 Å². The van der Waals surface area contributed by atoms with Crippen LogP contribution >= 0.6 is 0 Å². The molecule has 3 nitrogen and oxygen atoms in total. The van der Waals surface area contributed by atoms with Gasteiger partial charge in [-0.15, -0.1) is 0 Å². The molecule has 0 bridgehead atoms. The molecule has 0 spiro atoms. The van der Waals surface area contributed by atoms with Crippen LogP contribution in [0.3, 0.4) is 0 Å². The highest BCUT2D eigenvalue weighted by atomic mass is 16.2. The van der Waals surface area contributed by atoms with Crippen LogP contribution in [0.4, 0.5) is 0 Å². The van der Waals surface area contributed by atoms with Crippen molar-refractivity contribution in [3.63, 3.8) is 0 Å². The lowest BCUT2D eigenvalue weighted by molar-refractivity contribution is -0.143. The highest BCUT2D eigenvalue weighted by molar-refractivity contribution is 5.80. The molecule has 2 aliphatic rings. The summed E-state index contributed by atoms with van der Waals surface area (Å²) in [4.78, 5) is 16.8. The first-order chi connectivity index (χ1) is 8.49. The summed E-state index contributed by atoms with van der Waals surface area (Å²) < 4.78 is 0. The molecule has 2 rings (SSSR count). The van der Waals surface area contributed by atoms with Gasteiger partial charge >= 0.3 is 0 Å². The Morgan fingerprint density at radius 1 is 1.06 bits per heavy atom. The quantitative estimate of drug-likeness (QED) is 0.769. The molecule has 18 heavy (non-hydrogen) atoms. The average Bonchev–Trinajstić information content (AvgIpc) is 2.26. The SMILES string of the molecule is CC(C)C1CCN(C(=O)C2CN(C(C)C)C2)CC1. The van der Waals surface area contributed by atoms with Crippen LogP contribution < -0.4 is 0 Å². The fourth-order valence-corrected chi connectivity index (χ4v) is 3.14. The van der Waals surface area contributed by atoms with E-state index in [1.165, 1.54) is 12.8 Å². The minimum absolute atomic E-state index is 0.281. The third-order valence-corrected chi connectivity index (χ3v) is 4.78. The number of amides is 1. The number of hydrogen-bond acceptors (Lipinski definition) is 2. The van der Waals surface area contributed by atoms with E-state index in [0.29, 0.717) is 11.9 Å². The average molecular weight is 252 g/mol. The minimum atomic E-state index is 0.281. The molecule has 0 saturated carbocycles. The number of carbonyl (C=O) groups excluding carboxylic acids is 1. The van der Waals surface area contributed by atoms with E-state index in [2.05, 4.69) is 37.5 Å². The second-order valence-corrected chi connectivity index (χ2v) is 6.65. The Bertz CT molecular complexity index is 287. The maximum atomic E-state index is 12.3. The second kappa shape index (κ2) is 5.60. The summed E-state index contributed by atoms with van der Waals surface area (Å²) in [6.45, 7) is 12.9. The molecular weight excluding hydrogens is 224 g/mol. The Hall–Kier alpha value is -0.570. The Morgan fingerprint density at radius 3 is 2.06 bits per heavy atom. The normalized spacial score (nSPS) is 23.8. The van der Waals surface area contributed by atoms with Gasteiger partial charge in [0.2, 0.25) is 5.91 Å². The summed E-state index contributed by atoms with van der Waals surface area (Å²) in [6, 6.07) is 0.584. The van der Waals surface area contributed by atoms with Gasteiger partial charge in [0.15, 0.2) is 0 Å². The van der Waals surface area contributed by atoms with E-state index >= 15 is 0 Å². The van der Waals surface area contributed by atoms with Gasteiger partial charge in [0.25, 0.3) is 0 Å². The van der Waals surface area contributed by atoms with Gasteiger partial charge in [-0.05, 0) is 38.5 Å². The van der Waals surface area contributed by atoms with Crippen molar-refractivity contribution >= 4 is 5.91 Å². The van der Waals surface area contributed by atoms with Gasteiger partial charge in [0.05, 0.1) is 5.92 Å². The van der Waals surface area contributed by atoms with Crippen LogP contribution in [0.5, 0.6) is 0 Å². The number of piperidine rings is 1. The molecule has 104 valence electrons. The Labute approximate surface area is 112 Å². The summed E-state index contributed by atoms with van der Waals surface area (Å²) in [5, 5.41) is 0. The zero-order chi connectivity index (χ0) is 13.3. The molecule has 0 atom stereocenters. The molecule has 3 heteroatoms. The van der Waals surface area contributed by atoms with Crippen molar-refractivity contribution < 1.29 is 4.79 Å². The lowest BCUT2D eigenvalue weighted by Gasteiger charge is -2.44. The van der Waals surface area contributed by atoms with E-state index in [1.807, 2.05) is 0 Å². The number of likely N-dealkylation sites (tertiary alicyclic amines) is 2. The lowest BCUT2D eigenvalue weighted by Crippen LogP contribution is -2.57. The predicted octanol–water partition coefficient (Wildman–Crippen LogP) is 2.22. The summed E-state index contributed by atoms with van der Waals surface area (Å²) in [6.07, 6.45) is 2.40. The van der Waals surface area contributed by atoms with Crippen LogP contribution in [0.25, 0.3) is 0 Å². The third-order valence-electron chi connectivity index (χ3n) is 4.78. The van der Waals surface area contributed by atoms with E-state index in [0.717, 1.165) is 38.0 Å². The molecule has 0 aromatic heterocycles. The monoisotopic (exact) mass is 252 g/mol. The summed E-state index contributed by atoms with van der Waals surface area (Å²) in [7, 11) is 0. The molecule has 0 aliphatic carbocycles. The Morgan fingerprint density at radius 2 is 1.61 bits per heavy atom. The molecule has 0 unspecified atom stereocenters. The van der Waals surface area contributed by atoms with Crippen LogP contribution in [0.1, 0.15) is 40.5 Å². The third kappa shape index (κ3) is 2.87. The fourth-order valence-electron chi connectivity index (χ4n) is 3.14. The first kappa shape index (κ1) is 13.9. The van der Waals surface area contributed by atoms with Crippen molar-refractivity contribution in [2.45, 2.75) is 46.6 Å². The zero-order valence-electron chi connectivity index (χ0n) is 12.4. The van der Waals surface area contributed by atoms with Gasteiger partial charge in [0.1, 0.15) is 0 Å². The van der Waals surface area contributed by atoms with Gasteiger partial charge in [-0.1, -0.05) is 13.8 Å². The van der Waals surface area contributed by atoms with Crippen LogP contribution in [0.15, 0.2) is 0 Å². The zero-order valence-corrected chi connectivity index (χ0v) is 12.4. The number of nitrogens with zero attached hydrogens (tertiary/aromatic N) is 2. The first-order valence-electron chi connectivity index (χ1n) is 7.52. The summed E-state index contributed by atoms with van der Waals surface area (Å²) >= 11 is 0. The van der Waals surface area contributed by atoms with E-state index < -0.39 is 0 Å². The highest BCUT2D eigenvalue weighted by Crippen LogP contribution is 2.27. The molecule has 0 radical (unpaired) electrons. The van der Waals surface area contributed by atoms with Crippen molar-refractivity contribution in [1.29, 1.82) is 0 Å². The predicted molar refractivity (Wildman–Crippen MR) is 74.3 cm³/mol. The molecular formula is C15H28N2O. The van der Waals surface area contributed by atoms with Crippen molar-refractivity contribution in [2.75, 3.05) is 26.2 Å². The van der Waals surface area contributed by atoms with Gasteiger partial charge in [-0.2, -0.15) is 0 Å². The maximum absolute atomic E-state index is 12.3. The van der Waals surface area contributed by atoms with Crippen molar-refractivity contribution in [2.24, 2.45) is 17.8 Å². The molecule has 2 saturated heterocycles. The molecule has 0 N–H and O–H groups in total. The summed E-state index contributed by atoms with van der Waals surface area (Å²) in [5.74, 6) is 2.28. The van der Waals surface area contributed by atoms with Gasteiger partial charge in [-0.25, -0.2) is 0 Å². The molecule has 2 aliphatic heterocycles. The van der Waals surface area contributed by atoms with E-state index in [1.54, 1.807) is 0 Å². The number of hydrogen-bond donors (Lipinski definition) is 0. The van der Waals surface area contributed by atoms with Crippen LogP contribution in [0, 0.1) is 17.8 Å². The summed E-state index contributed by atoms with van der Waals surface area (Å²) in [5.41, 5.74) is 0. The minimum Gasteiger partial charge on any atom is -0.342 e. The number of carbonyl (C=O) groups is 1. The molecule has 2 fully saturated rings. The van der Waals surface area contributed by atoms with E-state index in [-0.39, 0.29) is 5.92 Å². The maximum Gasteiger partial charge on any atom is 0.228 e. The van der Waals surface area contributed by atoms with Crippen LogP contribution in [0.2, 0.25) is 0 Å². The first-order valence-corrected chi connectivity index (χ1v) is 7.52. The highest BCUT2D eigenvalue weighted by Gasteiger charge is 2.37. The Kier molecular flexibility index (Phi) is 4.31.